The van der Waals surface area contributed by atoms with Crippen molar-refractivity contribution >= 4 is 22.7 Å². The smallest absolute Gasteiger partial charge is 0.262 e. The van der Waals surface area contributed by atoms with Crippen molar-refractivity contribution in [2.45, 2.75) is 30.3 Å². The molecule has 0 unspecified atom stereocenters. The zero-order valence-electron chi connectivity index (χ0n) is 16.8. The molecule has 2 aromatic carbocycles. The van der Waals surface area contributed by atoms with Gasteiger partial charge >= 0.3 is 0 Å². The minimum absolute atomic E-state index is 0.0651. The second kappa shape index (κ2) is 9.57. The molecule has 0 spiro atoms. The molecule has 1 N–H and O–H groups in total. The lowest BCUT2D eigenvalue weighted by molar-refractivity contribution is -0.908. The second-order valence-corrected chi connectivity index (χ2v) is 8.81. The quantitative estimate of drug-likeness (QED) is 0.480. The monoisotopic (exact) mass is 410 g/mol. The maximum absolute atomic E-state index is 13.2. The molecular weight excluding hydrogens is 382 g/mol. The van der Waals surface area contributed by atoms with E-state index in [0.717, 1.165) is 49.9 Å². The molecule has 1 aromatic heterocycles. The molecule has 1 aliphatic rings. The second-order valence-electron chi connectivity index (χ2n) is 7.51. The van der Waals surface area contributed by atoms with Gasteiger partial charge in [0, 0.05) is 18.2 Å². The van der Waals surface area contributed by atoms with Gasteiger partial charge in [0.25, 0.3) is 5.56 Å². The fraction of sp³-hybridized carbons (Fsp3) is 0.391. The normalized spacial score (nSPS) is 16.2. The van der Waals surface area contributed by atoms with Gasteiger partial charge in [0.05, 0.1) is 30.7 Å². The van der Waals surface area contributed by atoms with Gasteiger partial charge in [-0.1, -0.05) is 54.2 Å². The Morgan fingerprint density at radius 2 is 1.83 bits per heavy atom. The van der Waals surface area contributed by atoms with Crippen LogP contribution in [-0.2, 0) is 11.3 Å². The zero-order valence-corrected chi connectivity index (χ0v) is 17.7. The molecular formula is C23H28N3O2S+. The van der Waals surface area contributed by atoms with E-state index in [1.54, 1.807) is 16.7 Å². The molecule has 0 saturated carbocycles. The number of nitrogens with zero attached hydrogens (tertiary/aromatic N) is 2. The SMILES string of the molecule is C[C@@H](Sc1nc2ccccc2c(=O)n1CCC[NH+]1CCOCC1)c1ccccc1. The van der Waals surface area contributed by atoms with Crippen LogP contribution in [0, 0.1) is 0 Å². The summed E-state index contributed by atoms with van der Waals surface area (Å²) in [5.74, 6) is 0. The third-order valence-electron chi connectivity index (χ3n) is 5.49. The summed E-state index contributed by atoms with van der Waals surface area (Å²) in [6, 6.07) is 18.0. The first-order chi connectivity index (χ1) is 14.2. The third kappa shape index (κ3) is 4.89. The number of hydrogen-bond acceptors (Lipinski definition) is 4. The Balaban J connectivity index is 1.58. The summed E-state index contributed by atoms with van der Waals surface area (Å²) in [5, 5.41) is 1.73. The molecule has 152 valence electrons. The summed E-state index contributed by atoms with van der Waals surface area (Å²) in [6.45, 7) is 7.70. The van der Waals surface area contributed by atoms with Crippen LogP contribution >= 0.6 is 11.8 Å². The van der Waals surface area contributed by atoms with Crippen LogP contribution in [-0.4, -0.2) is 42.4 Å². The number of morpholine rings is 1. The first-order valence-electron chi connectivity index (χ1n) is 10.3. The fourth-order valence-electron chi connectivity index (χ4n) is 3.78. The van der Waals surface area contributed by atoms with E-state index in [1.165, 1.54) is 5.56 Å². The summed E-state index contributed by atoms with van der Waals surface area (Å²) in [5.41, 5.74) is 2.08. The van der Waals surface area contributed by atoms with Crippen LogP contribution < -0.4 is 10.5 Å². The standard InChI is InChI=1S/C23H27N3O2S/c1-18(19-8-3-2-4-9-19)29-23-24-21-11-6-5-10-20(21)22(27)26(23)13-7-12-25-14-16-28-17-15-25/h2-6,8-11,18H,7,12-17H2,1H3/p+1/t18-/m1/s1. The van der Waals surface area contributed by atoms with E-state index >= 15 is 0 Å². The Bertz CT molecular complexity index is 1000. The van der Waals surface area contributed by atoms with Gasteiger partial charge in [0.15, 0.2) is 5.16 Å². The number of rotatable bonds is 7. The molecule has 1 fully saturated rings. The highest BCUT2D eigenvalue weighted by atomic mass is 32.2. The van der Waals surface area contributed by atoms with Crippen molar-refractivity contribution in [1.29, 1.82) is 0 Å². The van der Waals surface area contributed by atoms with Crippen LogP contribution in [0.1, 0.15) is 24.2 Å². The maximum Gasteiger partial charge on any atom is 0.262 e. The largest absolute Gasteiger partial charge is 0.370 e. The average molecular weight is 411 g/mol. The predicted octanol–water partition coefficient (Wildman–Crippen LogP) is 2.55. The number of para-hydroxylation sites is 1. The Hall–Kier alpha value is -2.15. The van der Waals surface area contributed by atoms with Gasteiger partial charge < -0.3 is 9.64 Å². The molecule has 0 aliphatic carbocycles. The van der Waals surface area contributed by atoms with Gasteiger partial charge in [-0.15, -0.1) is 0 Å². The third-order valence-corrected chi connectivity index (χ3v) is 6.64. The average Bonchev–Trinajstić information content (AvgIpc) is 2.77. The maximum atomic E-state index is 13.2. The highest BCUT2D eigenvalue weighted by Crippen LogP contribution is 2.33. The van der Waals surface area contributed by atoms with Crippen molar-refractivity contribution in [3.05, 3.63) is 70.5 Å². The summed E-state index contributed by atoms with van der Waals surface area (Å²) in [6.07, 6.45) is 0.961. The van der Waals surface area contributed by atoms with Crippen molar-refractivity contribution in [2.75, 3.05) is 32.8 Å². The summed E-state index contributed by atoms with van der Waals surface area (Å²) < 4.78 is 7.33. The van der Waals surface area contributed by atoms with E-state index in [0.29, 0.717) is 11.9 Å². The van der Waals surface area contributed by atoms with Gasteiger partial charge in [0.2, 0.25) is 0 Å². The van der Waals surface area contributed by atoms with Crippen molar-refractivity contribution < 1.29 is 9.64 Å². The van der Waals surface area contributed by atoms with Gasteiger partial charge in [-0.25, -0.2) is 4.98 Å². The number of benzene rings is 2. The number of quaternary nitrogens is 1. The Morgan fingerprint density at radius 3 is 2.62 bits per heavy atom. The molecule has 5 nitrogen and oxygen atoms in total. The fourth-order valence-corrected chi connectivity index (χ4v) is 4.84. The van der Waals surface area contributed by atoms with Gasteiger partial charge in [-0.3, -0.25) is 9.36 Å². The molecule has 1 saturated heterocycles. The molecule has 0 radical (unpaired) electrons. The predicted molar refractivity (Wildman–Crippen MR) is 118 cm³/mol. The first-order valence-corrected chi connectivity index (χ1v) is 11.2. The van der Waals surface area contributed by atoms with Crippen molar-refractivity contribution in [3.8, 4) is 0 Å². The summed E-state index contributed by atoms with van der Waals surface area (Å²) in [4.78, 5) is 19.7. The van der Waals surface area contributed by atoms with E-state index in [-0.39, 0.29) is 10.8 Å². The van der Waals surface area contributed by atoms with E-state index in [9.17, 15) is 4.79 Å². The lowest BCUT2D eigenvalue weighted by Gasteiger charge is -2.24. The first kappa shape index (κ1) is 20.1. The van der Waals surface area contributed by atoms with Gasteiger partial charge in [-0.2, -0.15) is 0 Å². The van der Waals surface area contributed by atoms with E-state index < -0.39 is 0 Å². The van der Waals surface area contributed by atoms with Gasteiger partial charge in [-0.05, 0) is 24.6 Å². The van der Waals surface area contributed by atoms with Crippen LogP contribution in [0.25, 0.3) is 10.9 Å². The van der Waals surface area contributed by atoms with Crippen molar-refractivity contribution in [2.24, 2.45) is 0 Å². The van der Waals surface area contributed by atoms with Crippen LogP contribution in [0.2, 0.25) is 0 Å². The number of aromatic nitrogens is 2. The van der Waals surface area contributed by atoms with Crippen LogP contribution in [0.3, 0.4) is 0 Å². The van der Waals surface area contributed by atoms with E-state index in [2.05, 4.69) is 31.2 Å². The lowest BCUT2D eigenvalue weighted by Crippen LogP contribution is -3.14. The van der Waals surface area contributed by atoms with Crippen LogP contribution in [0.15, 0.2) is 64.5 Å². The molecule has 6 heteroatoms. The minimum Gasteiger partial charge on any atom is -0.370 e. The Morgan fingerprint density at radius 1 is 1.10 bits per heavy atom. The molecule has 2 heterocycles. The zero-order chi connectivity index (χ0) is 20.1. The lowest BCUT2D eigenvalue weighted by atomic mass is 10.2. The molecule has 3 aromatic rings. The van der Waals surface area contributed by atoms with Gasteiger partial charge in [0.1, 0.15) is 13.1 Å². The molecule has 29 heavy (non-hydrogen) atoms. The number of nitrogens with one attached hydrogen (secondary N) is 1. The number of hydrogen-bond donors (Lipinski definition) is 1. The Kier molecular flexibility index (Phi) is 6.64. The van der Waals surface area contributed by atoms with Crippen LogP contribution in [0.5, 0.6) is 0 Å². The van der Waals surface area contributed by atoms with Crippen molar-refractivity contribution in [3.63, 3.8) is 0 Å². The Labute approximate surface area is 175 Å². The van der Waals surface area contributed by atoms with E-state index in [1.807, 2.05) is 34.9 Å². The molecule has 1 atom stereocenters. The topological polar surface area (TPSA) is 48.6 Å². The summed E-state index contributed by atoms with van der Waals surface area (Å²) >= 11 is 1.66. The van der Waals surface area contributed by atoms with E-state index in [4.69, 9.17) is 9.72 Å². The molecule has 4 rings (SSSR count). The highest BCUT2D eigenvalue weighted by Gasteiger charge is 2.17. The number of fused-ring (bicyclic) bond motifs is 1. The highest BCUT2D eigenvalue weighted by molar-refractivity contribution is 7.99. The molecule has 0 bridgehead atoms. The van der Waals surface area contributed by atoms with Crippen LogP contribution in [0.4, 0.5) is 0 Å². The summed E-state index contributed by atoms with van der Waals surface area (Å²) in [7, 11) is 0. The molecule has 1 aliphatic heterocycles. The number of ether oxygens (including phenoxy) is 1. The minimum atomic E-state index is 0.0651. The molecule has 0 amide bonds. The number of thioether (sulfide) groups is 1. The van der Waals surface area contributed by atoms with Crippen molar-refractivity contribution in [1.82, 2.24) is 9.55 Å².